The first-order valence-corrected chi connectivity index (χ1v) is 19.7. The summed E-state index contributed by atoms with van der Waals surface area (Å²) in [5, 5.41) is 8.99. The Labute approximate surface area is 330 Å². The molecule has 2 aromatic heterocycles. The minimum absolute atomic E-state index is 0.0659. The smallest absolute Gasteiger partial charge is 0.260 e. The summed E-state index contributed by atoms with van der Waals surface area (Å²) in [5.74, 6) is -0.0481. The van der Waals surface area contributed by atoms with Gasteiger partial charge in [-0.05, 0) is 98.0 Å². The van der Waals surface area contributed by atoms with Crippen LogP contribution < -0.4 is 14.8 Å². The predicted molar refractivity (Wildman–Crippen MR) is 217 cm³/mol. The van der Waals surface area contributed by atoms with Gasteiger partial charge in [-0.25, -0.2) is 4.39 Å². The number of piperidine rings is 1. The number of aromatic nitrogens is 3. The number of carbonyl (C=O) groups excluding carboxylic acids is 3. The number of ether oxygens (including phenoxy) is 2. The van der Waals surface area contributed by atoms with Crippen molar-refractivity contribution in [2.24, 2.45) is 7.05 Å². The molecule has 1 unspecified atom stereocenters. The highest BCUT2D eigenvalue weighted by Crippen LogP contribution is 2.36. The Bertz CT molecular complexity index is 2410. The summed E-state index contributed by atoms with van der Waals surface area (Å²) >= 11 is 0. The molecule has 3 amide bonds. The number of halogens is 1. The molecule has 2 saturated heterocycles. The molecule has 0 spiro atoms. The molecule has 0 bridgehead atoms. The second kappa shape index (κ2) is 16.6. The first-order chi connectivity index (χ1) is 27.7. The van der Waals surface area contributed by atoms with Crippen molar-refractivity contribution in [3.63, 3.8) is 0 Å². The SMILES string of the molecule is Cc1c(-c2ccc(F)cc2)n(Cc2ccc(OCCCCN3CCN(C(=O)COc4cccc5c(C6CCC(=O)NC6=O)nn(C)c45)CC3)cc2)c2ccccc12. The van der Waals surface area contributed by atoms with Gasteiger partial charge in [0.05, 0.1) is 23.9 Å². The molecule has 0 radical (unpaired) electrons. The number of nitrogens with one attached hydrogen (secondary N) is 1. The summed E-state index contributed by atoms with van der Waals surface area (Å²) in [5.41, 5.74) is 6.89. The molecule has 0 aliphatic carbocycles. The predicted octanol–water partition coefficient (Wildman–Crippen LogP) is 6.59. The number of nitrogens with zero attached hydrogens (tertiary/aromatic N) is 5. The van der Waals surface area contributed by atoms with E-state index >= 15 is 0 Å². The molecular weight excluding hydrogens is 724 g/mol. The number of hydrogen-bond acceptors (Lipinski definition) is 7. The molecule has 1 atom stereocenters. The van der Waals surface area contributed by atoms with E-state index in [2.05, 4.69) is 63.2 Å². The van der Waals surface area contributed by atoms with Crippen molar-refractivity contribution in [1.82, 2.24) is 29.5 Å². The monoisotopic (exact) mass is 770 g/mol. The van der Waals surface area contributed by atoms with Crippen LogP contribution in [-0.2, 0) is 28.0 Å². The fraction of sp³-hybridized carbons (Fsp3) is 0.333. The number of hydrogen-bond donors (Lipinski definition) is 1. The van der Waals surface area contributed by atoms with E-state index in [1.165, 1.54) is 23.1 Å². The Hall–Kier alpha value is -6.01. The normalized spacial score (nSPS) is 16.3. The van der Waals surface area contributed by atoms with Gasteiger partial charge >= 0.3 is 0 Å². The molecular formula is C45H47FN6O5. The number of rotatable bonds is 13. The third kappa shape index (κ3) is 8.13. The molecule has 2 aliphatic rings. The fourth-order valence-corrected chi connectivity index (χ4v) is 8.23. The fourth-order valence-electron chi connectivity index (χ4n) is 8.23. The number of unbranched alkanes of at least 4 members (excludes halogenated alkanes) is 1. The summed E-state index contributed by atoms with van der Waals surface area (Å²) in [6.07, 6.45) is 2.61. The van der Waals surface area contributed by atoms with Gasteiger partial charge < -0.3 is 18.9 Å². The quantitative estimate of drug-likeness (QED) is 0.104. The van der Waals surface area contributed by atoms with Gasteiger partial charge in [0.1, 0.15) is 22.8 Å². The zero-order valence-electron chi connectivity index (χ0n) is 32.4. The summed E-state index contributed by atoms with van der Waals surface area (Å²) in [6, 6.07) is 28.9. The van der Waals surface area contributed by atoms with E-state index in [1.54, 1.807) is 11.7 Å². The largest absolute Gasteiger partial charge is 0.494 e. The summed E-state index contributed by atoms with van der Waals surface area (Å²) in [4.78, 5) is 41.6. The van der Waals surface area contributed by atoms with Gasteiger partial charge in [0.25, 0.3) is 5.91 Å². The molecule has 0 saturated carbocycles. The lowest BCUT2D eigenvalue weighted by Crippen LogP contribution is -2.50. The van der Waals surface area contributed by atoms with Crippen molar-refractivity contribution in [1.29, 1.82) is 0 Å². The van der Waals surface area contributed by atoms with Crippen LogP contribution in [-0.4, -0.2) is 87.8 Å². The Kier molecular flexibility index (Phi) is 11.0. The molecule has 294 valence electrons. The Morgan fingerprint density at radius 1 is 0.877 bits per heavy atom. The first-order valence-electron chi connectivity index (χ1n) is 19.7. The molecule has 11 nitrogen and oxygen atoms in total. The maximum Gasteiger partial charge on any atom is 0.260 e. The van der Waals surface area contributed by atoms with Crippen LogP contribution in [0.5, 0.6) is 11.5 Å². The first kappa shape index (κ1) is 37.9. The number of piperazine rings is 1. The van der Waals surface area contributed by atoms with Gasteiger partial charge in [0.2, 0.25) is 11.8 Å². The molecule has 4 aromatic carbocycles. The minimum atomic E-state index is -0.511. The third-order valence-electron chi connectivity index (χ3n) is 11.2. The highest BCUT2D eigenvalue weighted by Gasteiger charge is 2.32. The number of aryl methyl sites for hydroxylation is 2. The van der Waals surface area contributed by atoms with Crippen molar-refractivity contribution in [2.45, 2.75) is 45.1 Å². The highest BCUT2D eigenvalue weighted by molar-refractivity contribution is 6.03. The van der Waals surface area contributed by atoms with Crippen LogP contribution in [0, 0.1) is 12.7 Å². The van der Waals surface area contributed by atoms with Gasteiger partial charge in [-0.1, -0.05) is 42.5 Å². The molecule has 6 aromatic rings. The average Bonchev–Trinajstić information content (AvgIpc) is 3.71. The van der Waals surface area contributed by atoms with Crippen molar-refractivity contribution >= 4 is 39.5 Å². The molecule has 57 heavy (non-hydrogen) atoms. The van der Waals surface area contributed by atoms with Gasteiger partial charge in [0.15, 0.2) is 6.61 Å². The van der Waals surface area contributed by atoms with E-state index in [1.807, 2.05) is 47.4 Å². The summed E-state index contributed by atoms with van der Waals surface area (Å²) < 4.78 is 29.9. The summed E-state index contributed by atoms with van der Waals surface area (Å²) in [7, 11) is 1.79. The van der Waals surface area contributed by atoms with Crippen LogP contribution in [0.2, 0.25) is 0 Å². The van der Waals surface area contributed by atoms with E-state index in [-0.39, 0.29) is 36.6 Å². The highest BCUT2D eigenvalue weighted by atomic mass is 19.1. The van der Waals surface area contributed by atoms with Crippen LogP contribution in [0.3, 0.4) is 0 Å². The molecule has 2 fully saturated rings. The maximum atomic E-state index is 13.7. The van der Waals surface area contributed by atoms with Crippen LogP contribution in [0.1, 0.15) is 48.4 Å². The Morgan fingerprint density at radius 2 is 1.63 bits per heavy atom. The van der Waals surface area contributed by atoms with E-state index in [0.29, 0.717) is 49.6 Å². The van der Waals surface area contributed by atoms with E-state index in [9.17, 15) is 18.8 Å². The summed E-state index contributed by atoms with van der Waals surface area (Å²) in [6.45, 7) is 7.20. The number of amides is 3. The molecule has 8 rings (SSSR count). The lowest BCUT2D eigenvalue weighted by atomic mass is 9.93. The standard InChI is InChI=1S/C45H47FN6O5/c1-30-35-8-3-4-10-38(35)52(43(30)32-14-16-33(46)17-15-32)28-31-12-18-34(19-13-31)56-27-6-5-22-50-23-25-51(26-24-50)41(54)29-57-39-11-7-9-36-42(48-49(2)44(36)39)37-20-21-40(53)47-45(37)55/h3-4,7-19,37H,5-6,20-29H2,1-2H3,(H,47,53,55). The van der Waals surface area contributed by atoms with Gasteiger partial charge in [-0.15, -0.1) is 0 Å². The number of fused-ring (bicyclic) bond motifs is 2. The van der Waals surface area contributed by atoms with Crippen LogP contribution >= 0.6 is 0 Å². The molecule has 2 aliphatic heterocycles. The Morgan fingerprint density at radius 3 is 2.40 bits per heavy atom. The van der Waals surface area contributed by atoms with Crippen molar-refractivity contribution in [3.05, 3.63) is 114 Å². The van der Waals surface area contributed by atoms with E-state index < -0.39 is 5.92 Å². The van der Waals surface area contributed by atoms with Crippen molar-refractivity contribution < 1.29 is 28.2 Å². The minimum Gasteiger partial charge on any atom is -0.494 e. The lowest BCUT2D eigenvalue weighted by Gasteiger charge is -2.34. The Balaban J connectivity index is 0.772. The average molecular weight is 771 g/mol. The second-order valence-electron chi connectivity index (χ2n) is 15.0. The van der Waals surface area contributed by atoms with Crippen LogP contribution in [0.15, 0.2) is 91.0 Å². The lowest BCUT2D eigenvalue weighted by molar-refractivity contribution is -0.135. The number of benzene rings is 4. The van der Waals surface area contributed by atoms with Gasteiger partial charge in [-0.2, -0.15) is 5.10 Å². The van der Waals surface area contributed by atoms with Gasteiger partial charge in [-0.3, -0.25) is 29.3 Å². The maximum absolute atomic E-state index is 13.7. The number of imide groups is 1. The molecule has 4 heterocycles. The molecule has 1 N–H and O–H groups in total. The van der Waals surface area contributed by atoms with Crippen LogP contribution in [0.4, 0.5) is 4.39 Å². The number of para-hydroxylation sites is 2. The van der Waals surface area contributed by atoms with Crippen molar-refractivity contribution in [3.8, 4) is 22.8 Å². The van der Waals surface area contributed by atoms with E-state index in [4.69, 9.17) is 9.47 Å². The third-order valence-corrected chi connectivity index (χ3v) is 11.2. The zero-order chi connectivity index (χ0) is 39.5. The second-order valence-corrected chi connectivity index (χ2v) is 15.0. The van der Waals surface area contributed by atoms with Gasteiger partial charge in [0, 0.05) is 62.5 Å². The van der Waals surface area contributed by atoms with Crippen molar-refractivity contribution in [2.75, 3.05) is 45.9 Å². The topological polar surface area (TPSA) is 111 Å². The molecule has 12 heteroatoms. The van der Waals surface area contributed by atoms with Crippen LogP contribution in [0.25, 0.3) is 33.1 Å². The zero-order valence-corrected chi connectivity index (χ0v) is 32.4. The van der Waals surface area contributed by atoms with E-state index in [0.717, 1.165) is 65.9 Å². The number of carbonyl (C=O) groups is 3.